The number of rotatable bonds is 45. The standard InChI is InChI=1S/C22H30N6O.C21H28N6O2.C21H30N6O2.C21H28N6O.C20H30N8O/c1-2-3-13-29-22-25-20(23)21-24-15-19(28(21)26-22)14-17-7-9-18(10-8-17)16-27-11-5-4-6-12-27;1-2-3-10-29-21-24-19(22)20-23-14-18(27(20)25-21)13-16-4-6-17(7-5-16)15-26-8-11-28-12-9-26;1-4-5-12-29-21-24-19(22)20-23-15-17(27(20)25-21)14-16-7-9-18(10-8-16)28-13-6-11-26(2)3;1-2-3-12-28-21-24-19(22)20-23-14-18(27(20)25-21)13-16-6-8-17(9-7-16)15-26-10-4-5-11-26;1-5-6-11-29-20-24-18(21)19-23-14-16(28(19)25-20)12-15-7-8-17(22-13-15)27(4)10-9-26(2)3/h7-10,15H,2-6,11-14,16H2,1H3,(H2,23,25,26);4-7,14H,2-3,8-13,15H2,1H3,(H2,22,24,25);7-10,15H,4-6,11-14H2,1-3H3,(H2,22,24,25);6-9,14H,2-5,10-13,15H2,1H3,(H2,22,24,25);7-8,13-14H,5-6,9-12H2,1-4H3,(H2,21,24,25). The van der Waals surface area contributed by atoms with E-state index in [2.05, 4.69) is 271 Å². The molecule has 0 radical (unpaired) electrons. The number of piperidine rings is 1. The van der Waals surface area contributed by atoms with E-state index in [-0.39, 0.29) is 12.0 Å². The Morgan fingerprint density at radius 2 is 0.556 bits per heavy atom. The lowest BCUT2D eigenvalue weighted by atomic mass is 10.1. The van der Waals surface area contributed by atoms with Crippen molar-refractivity contribution >= 4 is 63.1 Å². The number of likely N-dealkylation sites (N-methyl/N-ethyl adjacent to an activating group) is 2. The van der Waals surface area contributed by atoms with Crippen LogP contribution in [-0.4, -0.2) is 274 Å². The Balaban J connectivity index is 0.000000143. The molecule has 11 aromatic heterocycles. The van der Waals surface area contributed by atoms with E-state index in [4.69, 9.17) is 61.8 Å². The third-order valence-corrected chi connectivity index (χ3v) is 24.8. The number of imidazole rings is 5. The first-order valence-corrected chi connectivity index (χ1v) is 51.0. The molecule has 4 aromatic carbocycles. The first kappa shape index (κ1) is 106. The Morgan fingerprint density at radius 3 is 0.847 bits per heavy atom. The van der Waals surface area contributed by atoms with E-state index >= 15 is 0 Å². The molecule has 0 aliphatic carbocycles. The number of unbranched alkanes of at least 4 members (excludes halogenated alkanes) is 5. The fourth-order valence-corrected chi connectivity index (χ4v) is 16.5. The smallest absolute Gasteiger partial charge is 0.336 e. The summed E-state index contributed by atoms with van der Waals surface area (Å²) >= 11 is 0. The van der Waals surface area contributed by atoms with Gasteiger partial charge < -0.3 is 76.5 Å². The molecule has 768 valence electrons. The van der Waals surface area contributed by atoms with Crippen LogP contribution in [0.15, 0.2) is 146 Å². The number of hydrogen-bond acceptors (Lipinski definition) is 34. The van der Waals surface area contributed by atoms with Crippen molar-refractivity contribution in [3.8, 4) is 35.8 Å². The number of likely N-dealkylation sites (tertiary alicyclic amines) is 2. The molecular formula is C105H146N32O7. The number of benzene rings is 4. The van der Waals surface area contributed by atoms with Crippen LogP contribution in [0, 0.1) is 0 Å². The normalized spacial score (nSPS) is 13.5. The summed E-state index contributed by atoms with van der Waals surface area (Å²) in [5, 5.41) is 22.4. The molecule has 3 saturated heterocycles. The molecule has 144 heavy (non-hydrogen) atoms. The number of nitrogens with two attached hydrogens (primary N) is 5. The number of ether oxygens (including phenoxy) is 7. The molecular weight excluding hydrogens is 1820 g/mol. The van der Waals surface area contributed by atoms with E-state index in [1.165, 1.54) is 91.7 Å². The van der Waals surface area contributed by atoms with E-state index in [0.717, 1.165) is 200 Å². The van der Waals surface area contributed by atoms with Gasteiger partial charge in [-0.3, -0.25) is 14.7 Å². The maximum Gasteiger partial charge on any atom is 0.336 e. The van der Waals surface area contributed by atoms with Gasteiger partial charge in [0.25, 0.3) is 0 Å². The maximum atomic E-state index is 6.06. The molecule has 3 aliphatic heterocycles. The lowest BCUT2D eigenvalue weighted by Crippen LogP contribution is -2.35. The van der Waals surface area contributed by atoms with Gasteiger partial charge in [0, 0.05) is 97.7 Å². The Hall–Kier alpha value is -13.9. The number of morpholine rings is 1. The Morgan fingerprint density at radius 1 is 0.285 bits per heavy atom. The van der Waals surface area contributed by atoms with Gasteiger partial charge in [-0.2, -0.15) is 24.9 Å². The number of pyridine rings is 1. The molecule has 15 aromatic rings. The second-order valence-corrected chi connectivity index (χ2v) is 37.3. The van der Waals surface area contributed by atoms with E-state index in [0.29, 0.717) is 134 Å². The zero-order valence-electron chi connectivity index (χ0n) is 85.7. The topological polar surface area (TPSA) is 442 Å². The van der Waals surface area contributed by atoms with E-state index < -0.39 is 0 Å². The minimum Gasteiger partial charge on any atom is -0.494 e. The Kier molecular flexibility index (Phi) is 40.1. The highest BCUT2D eigenvalue weighted by Gasteiger charge is 2.23. The highest BCUT2D eigenvalue weighted by molar-refractivity contribution is 5.63. The van der Waals surface area contributed by atoms with Crippen molar-refractivity contribution in [3.05, 3.63) is 219 Å². The molecule has 0 unspecified atom stereocenters. The van der Waals surface area contributed by atoms with Crippen LogP contribution in [0.3, 0.4) is 0 Å². The SMILES string of the molecule is CCCCOc1nc(N)c2ncc(Cc3ccc(CN4CCCC4)cc3)n2n1.CCCCOc1nc(N)c2ncc(Cc3ccc(CN4CCCCC4)cc3)n2n1.CCCCOc1nc(N)c2ncc(Cc3ccc(CN4CCOCC4)cc3)n2n1.CCCCOc1nc(N)c2ncc(Cc3ccc(N(C)CCN(C)C)nc3)n2n1.CCCCOc1nc(N)c2ncc(Cc3ccc(OCCCN(C)C)cc3)n2n1. The van der Waals surface area contributed by atoms with Crippen molar-refractivity contribution in [1.82, 2.24) is 127 Å². The van der Waals surface area contributed by atoms with E-state index in [9.17, 15) is 0 Å². The first-order valence-electron chi connectivity index (χ1n) is 51.0. The zero-order valence-corrected chi connectivity index (χ0v) is 85.7. The van der Waals surface area contributed by atoms with Gasteiger partial charge in [0.15, 0.2) is 57.3 Å². The van der Waals surface area contributed by atoms with Gasteiger partial charge in [-0.15, -0.1) is 25.5 Å². The molecule has 3 fully saturated rings. The monoisotopic (exact) mass is 1970 g/mol. The second-order valence-electron chi connectivity index (χ2n) is 37.3. The van der Waals surface area contributed by atoms with Crippen LogP contribution < -0.4 is 62.0 Å². The van der Waals surface area contributed by atoms with Gasteiger partial charge in [0.2, 0.25) is 0 Å². The van der Waals surface area contributed by atoms with Gasteiger partial charge in [-0.05, 0) is 181 Å². The van der Waals surface area contributed by atoms with E-state index in [1.54, 1.807) is 41.2 Å². The lowest BCUT2D eigenvalue weighted by Gasteiger charge is -2.26. The summed E-state index contributed by atoms with van der Waals surface area (Å²) in [5.74, 6) is 3.48. The molecule has 0 atom stereocenters. The molecule has 14 heterocycles. The second kappa shape index (κ2) is 54.6. The van der Waals surface area contributed by atoms with Crippen molar-refractivity contribution < 1.29 is 33.2 Å². The average Bonchev–Trinajstić information content (AvgIpc) is 1.67. The number of fused-ring (bicyclic) bond motifs is 5. The van der Waals surface area contributed by atoms with E-state index in [1.807, 2.05) is 36.8 Å². The summed E-state index contributed by atoms with van der Waals surface area (Å²) in [6, 6.07) is 40.1. The van der Waals surface area contributed by atoms with Gasteiger partial charge in [-0.1, -0.05) is 164 Å². The number of hydrogen-bond donors (Lipinski definition) is 5. The van der Waals surface area contributed by atoms with Crippen molar-refractivity contribution in [2.24, 2.45) is 0 Å². The van der Waals surface area contributed by atoms with Crippen molar-refractivity contribution in [2.75, 3.05) is 181 Å². The maximum absolute atomic E-state index is 6.06. The third-order valence-electron chi connectivity index (χ3n) is 24.8. The Labute approximate surface area is 844 Å². The molecule has 10 N–H and O–H groups in total. The zero-order chi connectivity index (χ0) is 101. The van der Waals surface area contributed by atoms with Crippen LogP contribution in [0.4, 0.5) is 34.9 Å². The molecule has 3 aliphatic rings. The number of nitrogens with zero attached hydrogens (tertiary/aromatic N) is 27. The third kappa shape index (κ3) is 31.3. The lowest BCUT2D eigenvalue weighted by molar-refractivity contribution is 0.0342. The van der Waals surface area contributed by atoms with Crippen LogP contribution in [-0.2, 0) is 56.5 Å². The van der Waals surface area contributed by atoms with Gasteiger partial charge in [0.05, 0.1) is 112 Å². The molecule has 0 saturated carbocycles. The van der Waals surface area contributed by atoms with Crippen molar-refractivity contribution in [3.63, 3.8) is 0 Å². The quantitative estimate of drug-likeness (QED) is 0.0221. The number of nitrogen functional groups attached to an aromatic ring is 5. The summed E-state index contributed by atoms with van der Waals surface area (Å²) < 4.78 is 48.0. The highest BCUT2D eigenvalue weighted by atomic mass is 16.5. The van der Waals surface area contributed by atoms with Crippen LogP contribution in [0.25, 0.3) is 28.2 Å². The largest absolute Gasteiger partial charge is 0.494 e. The predicted octanol–water partition coefficient (Wildman–Crippen LogP) is 13.5. The minimum absolute atomic E-state index is 0.277. The predicted molar refractivity (Wildman–Crippen MR) is 562 cm³/mol. The van der Waals surface area contributed by atoms with Gasteiger partial charge in [-0.25, -0.2) is 52.5 Å². The van der Waals surface area contributed by atoms with Crippen LogP contribution in [0.2, 0.25) is 0 Å². The van der Waals surface area contributed by atoms with Gasteiger partial charge >= 0.3 is 30.1 Å². The first-order chi connectivity index (χ1) is 70.2. The molecule has 18 rings (SSSR count). The molecule has 0 amide bonds. The van der Waals surface area contributed by atoms with Crippen LogP contribution in [0.1, 0.15) is 210 Å². The number of anilines is 6. The summed E-state index contributed by atoms with van der Waals surface area (Å²) in [5.41, 5.74) is 47.6. The molecule has 39 nitrogen and oxygen atoms in total. The summed E-state index contributed by atoms with van der Waals surface area (Å²) in [6.07, 6.45) is 32.0. The summed E-state index contributed by atoms with van der Waals surface area (Å²) in [7, 11) is 10.3. The fourth-order valence-electron chi connectivity index (χ4n) is 16.5. The summed E-state index contributed by atoms with van der Waals surface area (Å²) in [4.78, 5) is 61.4. The molecule has 39 heteroatoms. The Bertz CT molecular complexity index is 6240. The molecule has 0 spiro atoms. The highest BCUT2D eigenvalue weighted by Crippen LogP contribution is 2.28. The number of aromatic nitrogens is 21. The fraction of sp³-hybridized carbons (Fsp3) is 0.486. The van der Waals surface area contributed by atoms with Gasteiger partial charge in [0.1, 0.15) is 11.6 Å². The minimum atomic E-state index is 0.277. The summed E-state index contributed by atoms with van der Waals surface area (Å²) in [6.45, 7) is 28.6. The van der Waals surface area contributed by atoms with Crippen LogP contribution in [0.5, 0.6) is 35.8 Å². The average molecular weight is 1970 g/mol. The van der Waals surface area contributed by atoms with Crippen molar-refractivity contribution in [2.45, 2.75) is 189 Å². The molecule has 0 bridgehead atoms. The van der Waals surface area contributed by atoms with Crippen molar-refractivity contribution in [1.29, 1.82) is 0 Å². The van der Waals surface area contributed by atoms with Crippen LogP contribution >= 0.6 is 0 Å².